The van der Waals surface area contributed by atoms with Crippen molar-refractivity contribution in [3.8, 4) is 11.5 Å². The number of azo groups is 2. The third kappa shape index (κ3) is 10.6. The number of aromatic hydroxyl groups is 2. The van der Waals surface area contributed by atoms with Gasteiger partial charge in [-0.25, -0.2) is 12.6 Å². The number of hydrogen-bond donors (Lipinski definition) is 8. The summed E-state index contributed by atoms with van der Waals surface area (Å²) in [6.07, 6.45) is 0. The first-order valence-electron chi connectivity index (χ1n) is 13.6. The molecule has 309 valence electrons. The molecular formula is C24H21CuN5O20S6. The normalized spacial score (nSPS) is 13.4. The first-order chi connectivity index (χ1) is 24.9. The topological polar surface area (TPSA) is 431 Å². The van der Waals surface area contributed by atoms with Crippen LogP contribution < -0.4 is 5.73 Å². The van der Waals surface area contributed by atoms with Crippen LogP contribution in [0.25, 0.3) is 10.8 Å². The van der Waals surface area contributed by atoms with E-state index in [1.807, 2.05) is 0 Å². The van der Waals surface area contributed by atoms with Gasteiger partial charge >= 0.3 is 10.4 Å². The van der Waals surface area contributed by atoms with E-state index >= 15 is 0 Å². The summed E-state index contributed by atoms with van der Waals surface area (Å²) >= 11 is 0. The molecule has 0 aliphatic heterocycles. The van der Waals surface area contributed by atoms with E-state index in [9.17, 15) is 78.9 Å². The number of rotatable bonds is 13. The van der Waals surface area contributed by atoms with Crippen LogP contribution in [-0.2, 0) is 82.0 Å². The second-order valence-electron chi connectivity index (χ2n) is 10.5. The second kappa shape index (κ2) is 15.9. The molecule has 25 nitrogen and oxygen atoms in total. The number of nitrogens with two attached hydrogens (primary N) is 1. The Balaban J connectivity index is 0.00000841. The third-order valence-electron chi connectivity index (χ3n) is 6.78. The first-order valence-corrected chi connectivity index (χ1v) is 22.4. The molecule has 0 spiro atoms. The Bertz CT molecular complexity index is 3030. The fourth-order valence-electron chi connectivity index (χ4n) is 4.41. The minimum Gasteiger partial charge on any atom is -0.506 e. The van der Waals surface area contributed by atoms with Crippen molar-refractivity contribution in [2.75, 3.05) is 18.1 Å². The third-order valence-corrected chi connectivity index (χ3v) is 12.4. The Morgan fingerprint density at radius 1 is 0.571 bits per heavy atom. The Morgan fingerprint density at radius 3 is 1.57 bits per heavy atom. The van der Waals surface area contributed by atoms with Crippen molar-refractivity contribution in [2.45, 2.75) is 24.5 Å². The van der Waals surface area contributed by atoms with Crippen LogP contribution in [0.5, 0.6) is 11.5 Å². The van der Waals surface area contributed by atoms with Crippen LogP contribution in [0.15, 0.2) is 93.5 Å². The largest absolute Gasteiger partial charge is 0.506 e. The number of nitrogen functional groups attached to an aromatic ring is 1. The average Bonchev–Trinajstić information content (AvgIpc) is 3.01. The zero-order valence-corrected chi connectivity index (χ0v) is 32.4. The first kappa shape index (κ1) is 46.1. The molecular weight excluding hydrogens is 934 g/mol. The molecule has 0 aliphatic carbocycles. The standard InChI is InChI=1S/C24H21N5O20S6.Cu/c25-21-20-11(7-18(53(40,41)42)22(21)28-27-15-10-13(51(34,35)36)2-4-17(15)52(37,38)39)8-19(54(43,44)45)23(24(20)31)29-26-14-9-12(1-3-16(14)30)50(32,33)6-5-49-55(46,47)48;/h1-4,7-10,30-31H,5-6,25H2,(H,34,35,36)(H,37,38,39)(H,40,41,42)(H,43,44,45)(H,46,47,48);. The van der Waals surface area contributed by atoms with E-state index in [1.54, 1.807) is 0 Å². The number of fused-ring (bicyclic) bond motifs is 1. The van der Waals surface area contributed by atoms with Gasteiger partial charge in [0.1, 0.15) is 43.2 Å². The van der Waals surface area contributed by atoms with Gasteiger partial charge in [0, 0.05) is 17.1 Å². The molecule has 0 amide bonds. The monoisotopic (exact) mass is 954 g/mol. The van der Waals surface area contributed by atoms with E-state index in [0.29, 0.717) is 36.4 Å². The zero-order valence-electron chi connectivity index (χ0n) is 26.6. The van der Waals surface area contributed by atoms with Gasteiger partial charge in [-0.15, -0.1) is 20.5 Å². The van der Waals surface area contributed by atoms with E-state index in [1.165, 1.54) is 0 Å². The fourth-order valence-corrected chi connectivity index (χ4v) is 8.35. The van der Waals surface area contributed by atoms with Crippen LogP contribution in [-0.4, -0.2) is 95.8 Å². The number of sulfone groups is 1. The molecule has 0 saturated heterocycles. The van der Waals surface area contributed by atoms with Gasteiger partial charge in [-0.05, 0) is 53.9 Å². The second-order valence-corrected chi connectivity index (χ2v) is 19.2. The molecule has 0 aromatic heterocycles. The van der Waals surface area contributed by atoms with Gasteiger partial charge in [-0.1, -0.05) is 0 Å². The van der Waals surface area contributed by atoms with E-state index < -0.39 is 148 Å². The van der Waals surface area contributed by atoms with Gasteiger partial charge < -0.3 is 15.9 Å². The fraction of sp³-hybridized carbons (Fsp3) is 0.0833. The molecule has 0 atom stereocenters. The molecule has 56 heavy (non-hydrogen) atoms. The van der Waals surface area contributed by atoms with Crippen LogP contribution in [0.1, 0.15) is 0 Å². The van der Waals surface area contributed by atoms with Crippen molar-refractivity contribution in [1.82, 2.24) is 0 Å². The number of nitrogens with zero attached hydrogens (tertiary/aromatic N) is 4. The molecule has 32 heteroatoms. The summed E-state index contributed by atoms with van der Waals surface area (Å²) in [5.74, 6) is -3.23. The predicted octanol–water partition coefficient (Wildman–Crippen LogP) is 2.24. The maximum atomic E-state index is 12.6. The minimum absolute atomic E-state index is 0. The van der Waals surface area contributed by atoms with E-state index in [-0.39, 0.29) is 17.1 Å². The maximum absolute atomic E-state index is 12.6. The molecule has 4 aromatic carbocycles. The SMILES string of the molecule is Nc1c(N=Nc2cc(S(=O)(=O)O)ccc2S(=O)(=O)O)c(S(=O)(=O)O)cc2cc(S(=O)(=O)O)c(N=Nc3cc(S(=O)(=O)CCOS(=O)(=O)O)ccc3O)c(O)c12.[Cu]. The van der Waals surface area contributed by atoms with Crippen LogP contribution in [0.3, 0.4) is 0 Å². The average molecular weight is 955 g/mol. The van der Waals surface area contributed by atoms with Gasteiger partial charge in [0.05, 0.1) is 33.2 Å². The van der Waals surface area contributed by atoms with Crippen molar-refractivity contribution >= 4 is 99.9 Å². The smallest absolute Gasteiger partial charge is 0.397 e. The number of benzene rings is 4. The summed E-state index contributed by atoms with van der Waals surface area (Å²) < 4.78 is 195. The van der Waals surface area contributed by atoms with Crippen molar-refractivity contribution in [3.05, 3.63) is 48.5 Å². The summed E-state index contributed by atoms with van der Waals surface area (Å²) in [5, 5.41) is 33.8. The summed E-state index contributed by atoms with van der Waals surface area (Å²) in [5.41, 5.74) is 0.840. The van der Waals surface area contributed by atoms with Gasteiger partial charge in [0.25, 0.3) is 40.5 Å². The van der Waals surface area contributed by atoms with Gasteiger partial charge in [-0.2, -0.15) is 42.1 Å². The van der Waals surface area contributed by atoms with Crippen molar-refractivity contribution in [2.24, 2.45) is 20.5 Å². The number of phenols is 2. The molecule has 0 aliphatic rings. The van der Waals surface area contributed by atoms with Crippen LogP contribution in [0.4, 0.5) is 28.4 Å². The molecule has 4 aromatic rings. The quantitative estimate of drug-likeness (QED) is 0.0412. The van der Waals surface area contributed by atoms with E-state index in [2.05, 4.69) is 24.6 Å². The molecule has 0 heterocycles. The van der Waals surface area contributed by atoms with Crippen molar-refractivity contribution in [1.29, 1.82) is 0 Å². The molecule has 0 fully saturated rings. The molecule has 0 unspecified atom stereocenters. The van der Waals surface area contributed by atoms with E-state index in [4.69, 9.17) is 10.3 Å². The van der Waals surface area contributed by atoms with Crippen LogP contribution in [0.2, 0.25) is 0 Å². The van der Waals surface area contributed by atoms with Gasteiger partial charge in [-0.3, -0.25) is 22.8 Å². The Hall–Kier alpha value is -4.28. The molecule has 0 saturated carbocycles. The molecule has 0 bridgehead atoms. The van der Waals surface area contributed by atoms with Crippen molar-refractivity contribution < 1.29 is 105 Å². The number of anilines is 1. The Kier molecular flexibility index (Phi) is 13.1. The maximum Gasteiger partial charge on any atom is 0.397 e. The molecule has 1 radical (unpaired) electrons. The molecule has 9 N–H and O–H groups in total. The van der Waals surface area contributed by atoms with E-state index in [0.717, 1.165) is 12.1 Å². The van der Waals surface area contributed by atoms with Gasteiger partial charge in [0.2, 0.25) is 0 Å². The summed E-state index contributed by atoms with van der Waals surface area (Å²) in [4.78, 5) is -5.46. The van der Waals surface area contributed by atoms with Gasteiger partial charge in [0.15, 0.2) is 15.6 Å². The summed E-state index contributed by atoms with van der Waals surface area (Å²) in [7, 11) is -30.7. The van der Waals surface area contributed by atoms with Crippen LogP contribution in [0, 0.1) is 0 Å². The summed E-state index contributed by atoms with van der Waals surface area (Å²) in [6.45, 7) is -1.05. The number of phenolic OH excluding ortho intramolecular Hbond substituents is 2. The summed E-state index contributed by atoms with van der Waals surface area (Å²) in [6, 6.07) is 4.43. The van der Waals surface area contributed by atoms with Crippen LogP contribution >= 0.6 is 0 Å². The van der Waals surface area contributed by atoms with Crippen molar-refractivity contribution in [3.63, 3.8) is 0 Å². The predicted molar refractivity (Wildman–Crippen MR) is 182 cm³/mol. The Morgan fingerprint density at radius 2 is 1.05 bits per heavy atom. The Labute approximate surface area is 325 Å². The minimum atomic E-state index is -5.47. The number of hydrogen-bond acceptors (Lipinski definition) is 20. The molecule has 4 rings (SSSR count). The zero-order chi connectivity index (χ0) is 41.7.